The van der Waals surface area contributed by atoms with Gasteiger partial charge in [-0.25, -0.2) is 4.79 Å². The predicted octanol–water partition coefficient (Wildman–Crippen LogP) is 1.28. The van der Waals surface area contributed by atoms with E-state index in [-0.39, 0.29) is 5.69 Å². The molecule has 8 heteroatoms. The summed E-state index contributed by atoms with van der Waals surface area (Å²) in [5, 5.41) is 14.2. The SMILES string of the molecule is C[C@@H](OC(=O)c1cccc[n+]1[O-])C(=O)Nc1ccc2c(c1)OCCO2. The van der Waals surface area contributed by atoms with Crippen molar-refractivity contribution in [3.63, 3.8) is 0 Å². The van der Waals surface area contributed by atoms with E-state index in [9.17, 15) is 14.8 Å². The van der Waals surface area contributed by atoms with Crippen LogP contribution in [0.3, 0.4) is 0 Å². The maximum absolute atomic E-state index is 12.2. The predicted molar refractivity (Wildman–Crippen MR) is 86.3 cm³/mol. The van der Waals surface area contributed by atoms with E-state index < -0.39 is 18.0 Å². The van der Waals surface area contributed by atoms with Crippen LogP contribution in [0.4, 0.5) is 5.69 Å². The number of fused-ring (bicyclic) bond motifs is 1. The second kappa shape index (κ2) is 7.08. The van der Waals surface area contributed by atoms with E-state index in [2.05, 4.69) is 5.32 Å². The summed E-state index contributed by atoms with van der Waals surface area (Å²) in [4.78, 5) is 24.2. The number of aromatic nitrogens is 1. The molecule has 0 fully saturated rings. The maximum Gasteiger partial charge on any atom is 0.405 e. The van der Waals surface area contributed by atoms with Crippen LogP contribution in [0.15, 0.2) is 42.6 Å². The number of carbonyl (C=O) groups excluding carboxylic acids is 2. The molecule has 0 unspecified atom stereocenters. The van der Waals surface area contributed by atoms with Gasteiger partial charge in [0.05, 0.1) is 0 Å². The largest absolute Gasteiger partial charge is 0.618 e. The van der Waals surface area contributed by atoms with E-state index in [1.54, 1.807) is 18.2 Å². The van der Waals surface area contributed by atoms with Gasteiger partial charge in [-0.05, 0) is 25.1 Å². The van der Waals surface area contributed by atoms with Gasteiger partial charge in [-0.15, -0.1) is 0 Å². The molecular weight excluding hydrogens is 328 g/mol. The highest BCUT2D eigenvalue weighted by atomic mass is 16.6. The Balaban J connectivity index is 1.63. The lowest BCUT2D eigenvalue weighted by molar-refractivity contribution is -0.608. The Morgan fingerprint density at radius 2 is 1.96 bits per heavy atom. The first-order chi connectivity index (χ1) is 12.0. The minimum absolute atomic E-state index is 0.193. The molecule has 0 spiro atoms. The smallest absolute Gasteiger partial charge is 0.405 e. The lowest BCUT2D eigenvalue weighted by atomic mass is 10.2. The van der Waals surface area contributed by atoms with Gasteiger partial charge in [-0.2, -0.15) is 4.73 Å². The van der Waals surface area contributed by atoms with E-state index in [0.29, 0.717) is 35.1 Å². The molecule has 0 saturated heterocycles. The third-order valence-electron chi connectivity index (χ3n) is 3.50. The monoisotopic (exact) mass is 344 g/mol. The number of nitrogens with zero attached hydrogens (tertiary/aromatic N) is 1. The fourth-order valence-electron chi connectivity index (χ4n) is 2.23. The van der Waals surface area contributed by atoms with Crippen LogP contribution in [0, 0.1) is 5.21 Å². The van der Waals surface area contributed by atoms with Crippen molar-refractivity contribution in [3.8, 4) is 11.5 Å². The number of hydrogen-bond acceptors (Lipinski definition) is 6. The number of nitrogens with one attached hydrogen (secondary N) is 1. The number of pyridine rings is 1. The molecule has 3 rings (SSSR count). The van der Waals surface area contributed by atoms with Crippen LogP contribution in [0.2, 0.25) is 0 Å². The number of rotatable bonds is 4. The molecule has 1 amide bonds. The first kappa shape index (κ1) is 16.6. The van der Waals surface area contributed by atoms with Crippen molar-refractivity contribution in [2.45, 2.75) is 13.0 Å². The Morgan fingerprint density at radius 1 is 1.20 bits per heavy atom. The highest BCUT2D eigenvalue weighted by Gasteiger charge is 2.24. The van der Waals surface area contributed by atoms with Crippen LogP contribution in [-0.4, -0.2) is 31.2 Å². The molecule has 2 aromatic rings. The van der Waals surface area contributed by atoms with Crippen LogP contribution in [0.1, 0.15) is 17.4 Å². The number of benzene rings is 1. The van der Waals surface area contributed by atoms with Gasteiger partial charge in [0.2, 0.25) is 0 Å². The standard InChI is InChI=1S/C17H16N2O6/c1-11(25-17(21)13-4-2-3-7-19(13)22)16(20)18-12-5-6-14-15(10-12)24-9-8-23-14/h2-7,10-11H,8-9H2,1H3,(H,18,20)/t11-/m1/s1. The fraction of sp³-hybridized carbons (Fsp3) is 0.235. The number of carbonyl (C=O) groups is 2. The van der Waals surface area contributed by atoms with Gasteiger partial charge in [0.25, 0.3) is 5.91 Å². The van der Waals surface area contributed by atoms with Crippen molar-refractivity contribution in [1.82, 2.24) is 0 Å². The summed E-state index contributed by atoms with van der Waals surface area (Å²) in [5.74, 6) is -0.267. The van der Waals surface area contributed by atoms with Crippen molar-refractivity contribution >= 4 is 17.6 Å². The molecule has 0 saturated carbocycles. The topological polar surface area (TPSA) is 101 Å². The van der Waals surface area contributed by atoms with E-state index >= 15 is 0 Å². The van der Waals surface area contributed by atoms with Crippen LogP contribution in [0.25, 0.3) is 0 Å². The molecule has 1 aromatic heterocycles. The van der Waals surface area contributed by atoms with Gasteiger partial charge in [0, 0.05) is 23.9 Å². The van der Waals surface area contributed by atoms with Crippen LogP contribution < -0.4 is 19.5 Å². The summed E-state index contributed by atoms with van der Waals surface area (Å²) in [6.45, 7) is 2.33. The summed E-state index contributed by atoms with van der Waals surface area (Å²) < 4.78 is 16.3. The fourth-order valence-corrected chi connectivity index (χ4v) is 2.23. The summed E-state index contributed by atoms with van der Waals surface area (Å²) in [6.07, 6.45) is 0.0946. The average molecular weight is 344 g/mol. The Bertz CT molecular complexity index is 807. The third kappa shape index (κ3) is 3.79. The van der Waals surface area contributed by atoms with Crippen LogP contribution in [0.5, 0.6) is 11.5 Å². The Hall–Kier alpha value is -3.29. The molecule has 1 atom stereocenters. The van der Waals surface area contributed by atoms with Crippen molar-refractivity contribution in [3.05, 3.63) is 53.5 Å². The van der Waals surface area contributed by atoms with Crippen molar-refractivity contribution < 1.29 is 28.5 Å². The third-order valence-corrected chi connectivity index (χ3v) is 3.50. The molecule has 2 heterocycles. The normalized spacial score (nSPS) is 13.6. The molecule has 1 aromatic carbocycles. The Kier molecular flexibility index (Phi) is 4.69. The molecule has 0 radical (unpaired) electrons. The summed E-state index contributed by atoms with van der Waals surface area (Å²) >= 11 is 0. The number of anilines is 1. The van der Waals surface area contributed by atoms with E-state index in [1.807, 2.05) is 0 Å². The molecule has 25 heavy (non-hydrogen) atoms. The maximum atomic E-state index is 12.2. The quantitative estimate of drug-likeness (QED) is 0.509. The van der Waals surface area contributed by atoms with Gasteiger partial charge in [-0.3, -0.25) is 4.79 Å². The number of esters is 1. The second-order valence-electron chi connectivity index (χ2n) is 5.31. The molecule has 1 aliphatic heterocycles. The summed E-state index contributed by atoms with van der Waals surface area (Å²) in [6, 6.07) is 9.31. The van der Waals surface area contributed by atoms with E-state index in [4.69, 9.17) is 14.2 Å². The van der Waals surface area contributed by atoms with Gasteiger partial charge in [-0.1, -0.05) is 0 Å². The molecule has 1 aliphatic rings. The van der Waals surface area contributed by atoms with Crippen molar-refractivity contribution in [2.24, 2.45) is 0 Å². The van der Waals surface area contributed by atoms with Gasteiger partial charge >= 0.3 is 11.7 Å². The summed E-state index contributed by atoms with van der Waals surface area (Å²) in [7, 11) is 0. The highest BCUT2D eigenvalue weighted by Crippen LogP contribution is 2.32. The van der Waals surface area contributed by atoms with Gasteiger partial charge in [0.15, 0.2) is 23.8 Å². The zero-order valence-corrected chi connectivity index (χ0v) is 13.4. The van der Waals surface area contributed by atoms with E-state index in [1.165, 1.54) is 31.3 Å². The lowest BCUT2D eigenvalue weighted by Gasteiger charge is -2.19. The average Bonchev–Trinajstić information content (AvgIpc) is 2.61. The molecule has 8 nitrogen and oxygen atoms in total. The number of hydrogen-bond donors (Lipinski definition) is 1. The van der Waals surface area contributed by atoms with Crippen LogP contribution in [-0.2, 0) is 9.53 Å². The summed E-state index contributed by atoms with van der Waals surface area (Å²) in [5.41, 5.74) is 0.289. The molecule has 0 bridgehead atoms. The Labute approximate surface area is 143 Å². The number of ether oxygens (including phenoxy) is 3. The van der Waals surface area contributed by atoms with Gasteiger partial charge in [0.1, 0.15) is 13.2 Å². The lowest BCUT2D eigenvalue weighted by Crippen LogP contribution is -2.37. The molecule has 0 aliphatic carbocycles. The first-order valence-corrected chi connectivity index (χ1v) is 7.64. The first-order valence-electron chi connectivity index (χ1n) is 7.64. The highest BCUT2D eigenvalue weighted by molar-refractivity contribution is 5.96. The minimum atomic E-state index is -1.08. The minimum Gasteiger partial charge on any atom is -0.618 e. The van der Waals surface area contributed by atoms with E-state index in [0.717, 1.165) is 0 Å². The van der Waals surface area contributed by atoms with Gasteiger partial charge < -0.3 is 24.7 Å². The molecular formula is C17H16N2O6. The molecule has 130 valence electrons. The molecule has 1 N–H and O–H groups in total. The zero-order valence-electron chi connectivity index (χ0n) is 13.4. The number of amides is 1. The van der Waals surface area contributed by atoms with Crippen molar-refractivity contribution in [1.29, 1.82) is 0 Å². The Morgan fingerprint density at radius 3 is 2.72 bits per heavy atom. The second-order valence-corrected chi connectivity index (χ2v) is 5.31. The van der Waals surface area contributed by atoms with Crippen LogP contribution >= 0.6 is 0 Å². The van der Waals surface area contributed by atoms with Crippen molar-refractivity contribution in [2.75, 3.05) is 18.5 Å². The zero-order chi connectivity index (χ0) is 17.8.